The number of aryl methyl sites for hydroxylation is 2. The van der Waals surface area contributed by atoms with E-state index in [1.807, 2.05) is 19.9 Å². The molecule has 2 rings (SSSR count). The summed E-state index contributed by atoms with van der Waals surface area (Å²) in [7, 11) is 0. The topological polar surface area (TPSA) is 76.8 Å². The van der Waals surface area contributed by atoms with Crippen LogP contribution in [0.4, 0.5) is 4.39 Å². The van der Waals surface area contributed by atoms with Gasteiger partial charge < -0.3 is 5.73 Å². The normalized spacial score (nSPS) is 28.0. The lowest BCUT2D eigenvalue weighted by molar-refractivity contribution is 0.356. The van der Waals surface area contributed by atoms with Crippen LogP contribution in [0.3, 0.4) is 0 Å². The molecule has 1 aromatic carbocycles. The van der Waals surface area contributed by atoms with Gasteiger partial charge in [0.1, 0.15) is 5.84 Å². The molecule has 0 radical (unpaired) electrons. The Labute approximate surface area is 99.3 Å². The van der Waals surface area contributed by atoms with Gasteiger partial charge in [0.15, 0.2) is 6.29 Å². The van der Waals surface area contributed by atoms with Gasteiger partial charge in [-0.3, -0.25) is 10.7 Å². The Hall–Kier alpha value is -1.75. The lowest BCUT2D eigenvalue weighted by Gasteiger charge is -2.25. The van der Waals surface area contributed by atoms with Crippen LogP contribution in [0.5, 0.6) is 0 Å². The average Bonchev–Trinajstić information content (AvgIpc) is 2.28. The Morgan fingerprint density at radius 1 is 1.29 bits per heavy atom. The standard InChI is InChI=1S/C12H15FN4/c1-7-3-4-9(5-8(7)2)12(13)6-16-11(15)17-10(12)14/h3-6,11H,15H2,1-2H3,(H2,14,17). The zero-order valence-electron chi connectivity index (χ0n) is 9.81. The molecule has 1 aromatic rings. The van der Waals surface area contributed by atoms with Gasteiger partial charge in [-0.25, -0.2) is 9.38 Å². The van der Waals surface area contributed by atoms with E-state index in [0.717, 1.165) is 17.3 Å². The van der Waals surface area contributed by atoms with Crippen LogP contribution in [0.1, 0.15) is 16.7 Å². The molecule has 0 aliphatic carbocycles. The fraction of sp³-hybridized carbons (Fsp3) is 0.333. The minimum Gasteiger partial charge on any atom is -0.384 e. The van der Waals surface area contributed by atoms with Crippen LogP contribution in [-0.2, 0) is 5.67 Å². The second kappa shape index (κ2) is 3.92. The van der Waals surface area contributed by atoms with Crippen molar-refractivity contribution in [2.45, 2.75) is 25.8 Å². The van der Waals surface area contributed by atoms with E-state index in [1.54, 1.807) is 12.1 Å². The molecule has 1 aliphatic heterocycles. The zero-order valence-corrected chi connectivity index (χ0v) is 9.81. The summed E-state index contributed by atoms with van der Waals surface area (Å²) in [5.41, 5.74) is 11.6. The first kappa shape index (κ1) is 11.7. The molecule has 0 aromatic heterocycles. The van der Waals surface area contributed by atoms with Crippen molar-refractivity contribution >= 4 is 12.1 Å². The number of hydrogen-bond donors (Lipinski definition) is 2. The summed E-state index contributed by atoms with van der Waals surface area (Å²) in [6.07, 6.45) is 0.329. The average molecular weight is 234 g/mol. The number of amidine groups is 1. The maximum absolute atomic E-state index is 14.7. The van der Waals surface area contributed by atoms with Crippen molar-refractivity contribution in [1.29, 1.82) is 0 Å². The molecule has 4 nitrogen and oxygen atoms in total. The van der Waals surface area contributed by atoms with Crippen molar-refractivity contribution in [1.82, 2.24) is 0 Å². The number of halogens is 1. The fourth-order valence-corrected chi connectivity index (χ4v) is 1.71. The lowest BCUT2D eigenvalue weighted by atomic mass is 9.92. The van der Waals surface area contributed by atoms with E-state index in [4.69, 9.17) is 11.5 Å². The second-order valence-corrected chi connectivity index (χ2v) is 4.22. The largest absolute Gasteiger partial charge is 0.384 e. The summed E-state index contributed by atoms with van der Waals surface area (Å²) in [6.45, 7) is 3.88. The lowest BCUT2D eigenvalue weighted by Crippen LogP contribution is -2.44. The van der Waals surface area contributed by atoms with Crippen LogP contribution in [0.25, 0.3) is 0 Å². The first-order valence-electron chi connectivity index (χ1n) is 5.34. The number of rotatable bonds is 1. The molecule has 90 valence electrons. The Balaban J connectivity index is 2.48. The molecular formula is C12H15FN4. The molecule has 2 atom stereocenters. The van der Waals surface area contributed by atoms with Crippen LogP contribution in [0.15, 0.2) is 28.2 Å². The van der Waals surface area contributed by atoms with Gasteiger partial charge in [-0.05, 0) is 25.0 Å². The molecule has 0 bridgehead atoms. The van der Waals surface area contributed by atoms with Gasteiger partial charge >= 0.3 is 0 Å². The molecule has 5 heteroatoms. The number of aliphatic imine (C=N–C) groups is 2. The Bertz CT molecular complexity index is 509. The smallest absolute Gasteiger partial charge is 0.226 e. The summed E-state index contributed by atoms with van der Waals surface area (Å²) in [4.78, 5) is 7.54. The van der Waals surface area contributed by atoms with E-state index in [0.29, 0.717) is 5.56 Å². The first-order valence-corrected chi connectivity index (χ1v) is 5.34. The van der Waals surface area contributed by atoms with Crippen molar-refractivity contribution < 1.29 is 4.39 Å². The number of alkyl halides is 1. The summed E-state index contributed by atoms with van der Waals surface area (Å²) >= 11 is 0. The number of nitrogens with two attached hydrogens (primary N) is 2. The van der Waals surface area contributed by atoms with Gasteiger partial charge in [-0.15, -0.1) is 0 Å². The van der Waals surface area contributed by atoms with E-state index in [1.165, 1.54) is 0 Å². The highest BCUT2D eigenvalue weighted by Gasteiger charge is 2.37. The summed E-state index contributed by atoms with van der Waals surface area (Å²) < 4.78 is 14.7. The van der Waals surface area contributed by atoms with Gasteiger partial charge in [0.2, 0.25) is 5.67 Å². The third kappa shape index (κ3) is 1.93. The van der Waals surface area contributed by atoms with Crippen molar-refractivity contribution in [3.8, 4) is 0 Å². The predicted octanol–water partition coefficient (Wildman–Crippen LogP) is 1.15. The Kier molecular flexibility index (Phi) is 2.71. The summed E-state index contributed by atoms with van der Waals surface area (Å²) in [5, 5.41) is 0. The predicted molar refractivity (Wildman–Crippen MR) is 66.8 cm³/mol. The van der Waals surface area contributed by atoms with Crippen molar-refractivity contribution in [3.05, 3.63) is 34.9 Å². The Morgan fingerprint density at radius 2 is 2.00 bits per heavy atom. The van der Waals surface area contributed by atoms with Crippen LogP contribution >= 0.6 is 0 Å². The fourth-order valence-electron chi connectivity index (χ4n) is 1.71. The molecule has 4 N–H and O–H groups in total. The highest BCUT2D eigenvalue weighted by Crippen LogP contribution is 2.28. The van der Waals surface area contributed by atoms with Gasteiger partial charge in [0.05, 0.1) is 6.21 Å². The van der Waals surface area contributed by atoms with Crippen LogP contribution in [0.2, 0.25) is 0 Å². The maximum Gasteiger partial charge on any atom is 0.226 e. The quantitative estimate of drug-likeness (QED) is 0.764. The van der Waals surface area contributed by atoms with Gasteiger partial charge in [0, 0.05) is 5.56 Å². The van der Waals surface area contributed by atoms with Crippen molar-refractivity contribution in [3.63, 3.8) is 0 Å². The second-order valence-electron chi connectivity index (χ2n) is 4.22. The van der Waals surface area contributed by atoms with Crippen molar-refractivity contribution in [2.24, 2.45) is 21.5 Å². The highest BCUT2D eigenvalue weighted by atomic mass is 19.1. The molecule has 0 spiro atoms. The van der Waals surface area contributed by atoms with Crippen LogP contribution in [-0.4, -0.2) is 18.3 Å². The van der Waals surface area contributed by atoms with Gasteiger partial charge in [-0.2, -0.15) is 0 Å². The number of hydrogen-bond acceptors (Lipinski definition) is 4. The molecule has 0 fully saturated rings. The first-order chi connectivity index (χ1) is 7.93. The van der Waals surface area contributed by atoms with Crippen LogP contribution in [0, 0.1) is 13.8 Å². The van der Waals surface area contributed by atoms with E-state index in [9.17, 15) is 4.39 Å². The summed E-state index contributed by atoms with van der Waals surface area (Å²) in [6, 6.07) is 5.29. The highest BCUT2D eigenvalue weighted by molar-refractivity contribution is 6.06. The molecule has 0 amide bonds. The van der Waals surface area contributed by atoms with Crippen molar-refractivity contribution in [2.75, 3.05) is 0 Å². The zero-order chi connectivity index (χ0) is 12.6. The number of nitrogens with zero attached hydrogens (tertiary/aromatic N) is 2. The molecular weight excluding hydrogens is 219 g/mol. The SMILES string of the molecule is Cc1ccc(C2(F)C=NC(N)N=C2N)cc1C. The minimum absolute atomic E-state index is 0.150. The van der Waals surface area contributed by atoms with E-state index < -0.39 is 12.0 Å². The molecule has 2 unspecified atom stereocenters. The van der Waals surface area contributed by atoms with E-state index >= 15 is 0 Å². The number of benzene rings is 1. The van der Waals surface area contributed by atoms with E-state index in [-0.39, 0.29) is 5.84 Å². The molecule has 1 heterocycles. The maximum atomic E-state index is 14.7. The molecule has 17 heavy (non-hydrogen) atoms. The molecule has 1 aliphatic rings. The minimum atomic E-state index is -1.95. The van der Waals surface area contributed by atoms with Crippen LogP contribution < -0.4 is 11.5 Å². The Morgan fingerprint density at radius 3 is 2.59 bits per heavy atom. The van der Waals surface area contributed by atoms with Gasteiger partial charge in [0.25, 0.3) is 0 Å². The molecule has 0 saturated carbocycles. The van der Waals surface area contributed by atoms with Gasteiger partial charge in [-0.1, -0.05) is 18.2 Å². The van der Waals surface area contributed by atoms with E-state index in [2.05, 4.69) is 9.98 Å². The monoisotopic (exact) mass is 234 g/mol. The summed E-state index contributed by atoms with van der Waals surface area (Å²) in [5.74, 6) is -0.150. The third-order valence-corrected chi connectivity index (χ3v) is 2.98. The molecule has 0 saturated heterocycles. The third-order valence-electron chi connectivity index (χ3n) is 2.98.